The van der Waals surface area contributed by atoms with Gasteiger partial charge in [0.15, 0.2) is 18.1 Å². The third-order valence-electron chi connectivity index (χ3n) is 3.38. The number of para-hydroxylation sites is 1. The number of methoxy groups -OCH3 is 2. The van der Waals surface area contributed by atoms with Crippen molar-refractivity contribution in [2.45, 2.75) is 0 Å². The summed E-state index contributed by atoms with van der Waals surface area (Å²) in [5.74, 6) is -0.912. The molecule has 6 nitrogen and oxygen atoms in total. The lowest BCUT2D eigenvalue weighted by atomic mass is 10.1. The fourth-order valence-electron chi connectivity index (χ4n) is 2.16. The van der Waals surface area contributed by atoms with Crippen LogP contribution in [0.15, 0.2) is 42.5 Å². The molecule has 0 fully saturated rings. The molecule has 0 aliphatic rings. The fourth-order valence-corrected chi connectivity index (χ4v) is 2.34. The summed E-state index contributed by atoms with van der Waals surface area (Å²) in [6.07, 6.45) is 2.65. The lowest BCUT2D eigenvalue weighted by molar-refractivity contribution is -0.142. The Bertz CT molecular complexity index is 869. The first-order chi connectivity index (χ1) is 12.9. The highest BCUT2D eigenvalue weighted by Crippen LogP contribution is 2.31. The normalized spacial score (nSPS) is 10.5. The van der Waals surface area contributed by atoms with Crippen LogP contribution in [0.5, 0.6) is 11.5 Å². The molecule has 2 rings (SSSR count). The Hall–Kier alpha value is -3.06. The number of benzene rings is 2. The third kappa shape index (κ3) is 5.72. The van der Waals surface area contributed by atoms with Gasteiger partial charge in [0.05, 0.1) is 19.2 Å². The van der Waals surface area contributed by atoms with Crippen molar-refractivity contribution < 1.29 is 28.2 Å². The summed E-state index contributed by atoms with van der Waals surface area (Å²) in [5.41, 5.74) is 0.901. The van der Waals surface area contributed by atoms with E-state index in [2.05, 4.69) is 5.32 Å². The quantitative estimate of drug-likeness (QED) is 0.573. The molecule has 0 aliphatic carbocycles. The van der Waals surface area contributed by atoms with E-state index in [1.54, 1.807) is 18.2 Å². The summed E-state index contributed by atoms with van der Waals surface area (Å²) >= 11 is 5.63. The molecule has 0 saturated heterocycles. The Morgan fingerprint density at radius 3 is 2.63 bits per heavy atom. The zero-order valence-electron chi connectivity index (χ0n) is 14.6. The van der Waals surface area contributed by atoms with Crippen LogP contribution in [0.3, 0.4) is 0 Å². The van der Waals surface area contributed by atoms with E-state index in [0.717, 1.165) is 6.07 Å². The number of nitrogens with one attached hydrogen (secondary N) is 1. The number of ether oxygens (including phenoxy) is 3. The average Bonchev–Trinajstić information content (AvgIpc) is 2.67. The smallest absolute Gasteiger partial charge is 0.331 e. The van der Waals surface area contributed by atoms with E-state index in [-0.39, 0.29) is 5.02 Å². The largest absolute Gasteiger partial charge is 0.493 e. The van der Waals surface area contributed by atoms with Crippen molar-refractivity contribution in [3.63, 3.8) is 0 Å². The van der Waals surface area contributed by atoms with Gasteiger partial charge >= 0.3 is 5.97 Å². The molecule has 0 aliphatic heterocycles. The molecule has 0 atom stereocenters. The molecular formula is C19H17ClFNO5. The molecule has 0 radical (unpaired) electrons. The maximum atomic E-state index is 13.1. The summed E-state index contributed by atoms with van der Waals surface area (Å²) < 4.78 is 28.4. The highest BCUT2D eigenvalue weighted by Gasteiger charge is 2.09. The Morgan fingerprint density at radius 2 is 1.96 bits per heavy atom. The van der Waals surface area contributed by atoms with Crippen molar-refractivity contribution in [3.05, 3.63) is 58.9 Å². The molecule has 0 bridgehead atoms. The van der Waals surface area contributed by atoms with Gasteiger partial charge in [-0.25, -0.2) is 9.18 Å². The van der Waals surface area contributed by atoms with Gasteiger partial charge in [0.25, 0.3) is 5.91 Å². The van der Waals surface area contributed by atoms with Crippen molar-refractivity contribution in [2.24, 2.45) is 0 Å². The molecule has 0 spiro atoms. The summed E-state index contributed by atoms with van der Waals surface area (Å²) in [6, 6.07) is 8.92. The number of halogens is 2. The van der Waals surface area contributed by atoms with Gasteiger partial charge in [-0.15, -0.1) is 0 Å². The van der Waals surface area contributed by atoms with Crippen molar-refractivity contribution in [1.29, 1.82) is 0 Å². The zero-order chi connectivity index (χ0) is 19.8. The van der Waals surface area contributed by atoms with Crippen LogP contribution in [-0.2, 0) is 14.3 Å². The number of anilines is 1. The number of hydrogen-bond donors (Lipinski definition) is 1. The minimum Gasteiger partial charge on any atom is -0.493 e. The van der Waals surface area contributed by atoms with Gasteiger partial charge in [0.1, 0.15) is 5.82 Å². The van der Waals surface area contributed by atoms with E-state index in [4.69, 9.17) is 25.8 Å². The lowest BCUT2D eigenvalue weighted by Crippen LogP contribution is -2.20. The third-order valence-corrected chi connectivity index (χ3v) is 3.67. The second kappa shape index (κ2) is 9.59. The van der Waals surface area contributed by atoms with Crippen LogP contribution < -0.4 is 14.8 Å². The van der Waals surface area contributed by atoms with Crippen molar-refractivity contribution in [3.8, 4) is 11.5 Å². The summed E-state index contributed by atoms with van der Waals surface area (Å²) in [4.78, 5) is 23.6. The molecule has 2 aromatic rings. The predicted molar refractivity (Wildman–Crippen MR) is 99.6 cm³/mol. The first-order valence-corrected chi connectivity index (χ1v) is 8.13. The van der Waals surface area contributed by atoms with Gasteiger partial charge in [-0.3, -0.25) is 4.79 Å². The second-order valence-corrected chi connectivity index (χ2v) is 5.61. The summed E-state index contributed by atoms with van der Waals surface area (Å²) in [5, 5.41) is 2.32. The molecule has 8 heteroatoms. The maximum absolute atomic E-state index is 13.1. The van der Waals surface area contributed by atoms with Gasteiger partial charge in [0.2, 0.25) is 0 Å². The topological polar surface area (TPSA) is 73.9 Å². The van der Waals surface area contributed by atoms with Gasteiger partial charge in [-0.1, -0.05) is 23.7 Å². The number of carbonyl (C=O) groups excluding carboxylic acids is 2. The minimum absolute atomic E-state index is 0.125. The van der Waals surface area contributed by atoms with E-state index in [0.29, 0.717) is 22.7 Å². The molecule has 0 heterocycles. The van der Waals surface area contributed by atoms with E-state index in [1.165, 1.54) is 38.5 Å². The van der Waals surface area contributed by atoms with Crippen molar-refractivity contribution >= 4 is 35.2 Å². The average molecular weight is 394 g/mol. The standard InChI is InChI=1S/C19H17ClFNO5/c1-25-16-5-3-4-12(19(16)26-2)6-9-18(24)27-11-17(23)22-13-7-8-15(21)14(20)10-13/h3-10H,11H2,1-2H3,(H,22,23)/b9-6+. The number of rotatable bonds is 7. The van der Waals surface area contributed by atoms with Crippen molar-refractivity contribution in [1.82, 2.24) is 0 Å². The van der Waals surface area contributed by atoms with E-state index < -0.39 is 24.3 Å². The Labute approximate surface area is 160 Å². The number of amides is 1. The van der Waals surface area contributed by atoms with E-state index in [9.17, 15) is 14.0 Å². The van der Waals surface area contributed by atoms with Crippen LogP contribution >= 0.6 is 11.6 Å². The minimum atomic E-state index is -0.716. The van der Waals surface area contributed by atoms with Crippen LogP contribution in [0.1, 0.15) is 5.56 Å². The summed E-state index contributed by atoms with van der Waals surface area (Å²) in [7, 11) is 2.99. The van der Waals surface area contributed by atoms with Crippen LogP contribution in [0.2, 0.25) is 5.02 Å². The Balaban J connectivity index is 1.91. The molecule has 2 aromatic carbocycles. The lowest BCUT2D eigenvalue weighted by Gasteiger charge is -2.09. The first-order valence-electron chi connectivity index (χ1n) is 7.75. The zero-order valence-corrected chi connectivity index (χ0v) is 15.4. The molecule has 0 unspecified atom stereocenters. The van der Waals surface area contributed by atoms with Crippen LogP contribution in [-0.4, -0.2) is 32.7 Å². The van der Waals surface area contributed by atoms with Crippen molar-refractivity contribution in [2.75, 3.05) is 26.1 Å². The molecule has 1 amide bonds. The molecular weight excluding hydrogens is 377 g/mol. The number of esters is 1. The molecule has 0 aromatic heterocycles. The van der Waals surface area contributed by atoms with Gasteiger partial charge in [-0.05, 0) is 30.3 Å². The number of carbonyl (C=O) groups is 2. The van der Waals surface area contributed by atoms with Gasteiger partial charge < -0.3 is 19.5 Å². The van der Waals surface area contributed by atoms with Crippen LogP contribution in [0.25, 0.3) is 6.08 Å². The Kier molecular flexibility index (Phi) is 7.19. The number of hydrogen-bond acceptors (Lipinski definition) is 5. The SMILES string of the molecule is COc1cccc(/C=C/C(=O)OCC(=O)Nc2ccc(F)c(Cl)c2)c1OC. The van der Waals surface area contributed by atoms with Crippen LogP contribution in [0.4, 0.5) is 10.1 Å². The second-order valence-electron chi connectivity index (χ2n) is 5.20. The predicted octanol–water partition coefficient (Wildman–Crippen LogP) is 3.69. The van der Waals surface area contributed by atoms with Crippen LogP contribution in [0, 0.1) is 5.82 Å². The maximum Gasteiger partial charge on any atom is 0.331 e. The fraction of sp³-hybridized carbons (Fsp3) is 0.158. The summed E-state index contributed by atoms with van der Waals surface area (Å²) in [6.45, 7) is -0.507. The monoisotopic (exact) mass is 393 g/mol. The molecule has 0 saturated carbocycles. The van der Waals surface area contributed by atoms with Gasteiger partial charge in [-0.2, -0.15) is 0 Å². The molecule has 1 N–H and O–H groups in total. The van der Waals surface area contributed by atoms with E-state index in [1.807, 2.05) is 0 Å². The highest BCUT2D eigenvalue weighted by molar-refractivity contribution is 6.31. The molecule has 27 heavy (non-hydrogen) atoms. The first kappa shape index (κ1) is 20.3. The highest BCUT2D eigenvalue weighted by atomic mass is 35.5. The van der Waals surface area contributed by atoms with Gasteiger partial charge in [0, 0.05) is 17.3 Å². The molecule has 142 valence electrons. The van der Waals surface area contributed by atoms with E-state index >= 15 is 0 Å². The Morgan fingerprint density at radius 1 is 1.19 bits per heavy atom.